The van der Waals surface area contributed by atoms with Crippen LogP contribution in [0.2, 0.25) is 0 Å². The number of thiocarbonyl (C=S) groups is 1. The van der Waals surface area contributed by atoms with Crippen molar-refractivity contribution in [2.45, 2.75) is 40.7 Å². The first-order chi connectivity index (χ1) is 14.8. The fourth-order valence-electron chi connectivity index (χ4n) is 3.89. The number of allylic oxidation sites excluding steroid dienone is 1. The Morgan fingerprint density at radius 3 is 2.48 bits per heavy atom. The summed E-state index contributed by atoms with van der Waals surface area (Å²) in [6.45, 7) is 11.4. The standard InChI is InChI=1S/C25H28N4OS/c1-15(2)14-29-18(5)21(22(26-25(29)31)19-11-9-16(3)10-12-19)24-27-23(28-30-24)20-8-6-7-17(4)13-20/h6-13,15,22H,14H2,1-5H3,(H,26,31). The fraction of sp³-hybridized carbons (Fsp3) is 0.320. The molecule has 0 fully saturated rings. The molecule has 1 N–H and O–H groups in total. The van der Waals surface area contributed by atoms with E-state index in [1.165, 1.54) is 5.56 Å². The van der Waals surface area contributed by atoms with Gasteiger partial charge in [-0.25, -0.2) is 0 Å². The van der Waals surface area contributed by atoms with Crippen LogP contribution in [-0.2, 0) is 0 Å². The third-order valence-electron chi connectivity index (χ3n) is 5.49. The van der Waals surface area contributed by atoms with Crippen molar-refractivity contribution in [3.05, 3.63) is 76.8 Å². The zero-order valence-corrected chi connectivity index (χ0v) is 19.5. The second-order valence-corrected chi connectivity index (χ2v) is 8.98. The van der Waals surface area contributed by atoms with Gasteiger partial charge in [-0.1, -0.05) is 72.6 Å². The zero-order chi connectivity index (χ0) is 22.1. The van der Waals surface area contributed by atoms with Crippen molar-refractivity contribution < 1.29 is 4.52 Å². The summed E-state index contributed by atoms with van der Waals surface area (Å²) < 4.78 is 5.80. The van der Waals surface area contributed by atoms with E-state index in [1.54, 1.807) is 0 Å². The molecule has 160 valence electrons. The summed E-state index contributed by atoms with van der Waals surface area (Å²) in [5.41, 5.74) is 6.43. The molecule has 0 bridgehead atoms. The number of nitrogens with one attached hydrogen (secondary N) is 1. The van der Waals surface area contributed by atoms with Gasteiger partial charge in [0.15, 0.2) is 5.11 Å². The molecule has 5 nitrogen and oxygen atoms in total. The number of rotatable bonds is 5. The van der Waals surface area contributed by atoms with Gasteiger partial charge in [-0.05, 0) is 50.5 Å². The molecule has 1 aliphatic heterocycles. The van der Waals surface area contributed by atoms with Gasteiger partial charge in [-0.2, -0.15) is 4.98 Å². The average molecular weight is 433 g/mol. The summed E-state index contributed by atoms with van der Waals surface area (Å²) in [6, 6.07) is 16.4. The minimum absolute atomic E-state index is 0.151. The molecule has 1 aromatic heterocycles. The number of benzene rings is 2. The maximum Gasteiger partial charge on any atom is 0.258 e. The van der Waals surface area contributed by atoms with E-state index in [4.69, 9.17) is 21.7 Å². The van der Waals surface area contributed by atoms with Crippen molar-refractivity contribution in [2.75, 3.05) is 6.54 Å². The van der Waals surface area contributed by atoms with E-state index in [9.17, 15) is 0 Å². The van der Waals surface area contributed by atoms with Crippen LogP contribution >= 0.6 is 12.2 Å². The highest BCUT2D eigenvalue weighted by atomic mass is 32.1. The monoisotopic (exact) mass is 432 g/mol. The minimum Gasteiger partial charge on any atom is -0.351 e. The Labute approximate surface area is 189 Å². The number of hydrogen-bond acceptors (Lipinski definition) is 4. The van der Waals surface area contributed by atoms with Crippen LogP contribution in [0.15, 0.2) is 58.8 Å². The maximum absolute atomic E-state index is 5.80. The van der Waals surface area contributed by atoms with Crippen molar-refractivity contribution in [1.29, 1.82) is 0 Å². The molecule has 6 heteroatoms. The Morgan fingerprint density at radius 2 is 1.81 bits per heavy atom. The van der Waals surface area contributed by atoms with Crippen molar-refractivity contribution in [2.24, 2.45) is 5.92 Å². The lowest BCUT2D eigenvalue weighted by Crippen LogP contribution is -2.47. The van der Waals surface area contributed by atoms with Gasteiger partial charge in [0.2, 0.25) is 5.82 Å². The quantitative estimate of drug-likeness (QED) is 0.524. The Morgan fingerprint density at radius 1 is 1.06 bits per heavy atom. The summed E-state index contributed by atoms with van der Waals surface area (Å²) in [7, 11) is 0. The molecule has 0 spiro atoms. The van der Waals surface area contributed by atoms with Crippen LogP contribution in [-0.4, -0.2) is 26.7 Å². The molecule has 4 rings (SSSR count). The molecule has 0 aliphatic carbocycles. The Balaban J connectivity index is 1.82. The summed E-state index contributed by atoms with van der Waals surface area (Å²) in [5, 5.41) is 8.52. The van der Waals surface area contributed by atoms with Crippen LogP contribution in [0, 0.1) is 19.8 Å². The molecule has 1 unspecified atom stereocenters. The minimum atomic E-state index is -0.151. The van der Waals surface area contributed by atoms with E-state index >= 15 is 0 Å². The number of aromatic nitrogens is 2. The summed E-state index contributed by atoms with van der Waals surface area (Å²) in [4.78, 5) is 6.92. The van der Waals surface area contributed by atoms with Crippen LogP contribution in [0.4, 0.5) is 0 Å². The van der Waals surface area contributed by atoms with Crippen molar-refractivity contribution in [3.8, 4) is 11.4 Å². The van der Waals surface area contributed by atoms with Crippen LogP contribution in [0.5, 0.6) is 0 Å². The number of nitrogens with zero attached hydrogens (tertiary/aromatic N) is 3. The fourth-order valence-corrected chi connectivity index (χ4v) is 4.22. The molecule has 0 saturated carbocycles. The molecule has 0 radical (unpaired) electrons. The lowest BCUT2D eigenvalue weighted by Gasteiger charge is -2.38. The largest absolute Gasteiger partial charge is 0.351 e. The van der Waals surface area contributed by atoms with Crippen LogP contribution in [0.1, 0.15) is 49.4 Å². The normalized spacial score (nSPS) is 16.8. The second kappa shape index (κ2) is 8.63. The topological polar surface area (TPSA) is 54.2 Å². The van der Waals surface area contributed by atoms with Gasteiger partial charge in [0.1, 0.15) is 0 Å². The van der Waals surface area contributed by atoms with Gasteiger partial charge in [-0.15, -0.1) is 0 Å². The first kappa shape index (κ1) is 21.2. The lowest BCUT2D eigenvalue weighted by molar-refractivity contribution is 0.386. The van der Waals surface area contributed by atoms with Gasteiger partial charge < -0.3 is 14.7 Å². The molecule has 0 saturated heterocycles. The van der Waals surface area contributed by atoms with E-state index in [0.29, 0.717) is 17.6 Å². The van der Waals surface area contributed by atoms with Crippen molar-refractivity contribution >= 4 is 22.9 Å². The molecule has 2 aromatic carbocycles. The second-order valence-electron chi connectivity index (χ2n) is 8.59. The van der Waals surface area contributed by atoms with Crippen LogP contribution in [0.3, 0.4) is 0 Å². The Hall–Kier alpha value is -2.99. The van der Waals surface area contributed by atoms with Gasteiger partial charge >= 0.3 is 0 Å². The van der Waals surface area contributed by atoms with Gasteiger partial charge in [-0.3, -0.25) is 0 Å². The van der Waals surface area contributed by atoms with Crippen molar-refractivity contribution in [1.82, 2.24) is 20.4 Å². The molecule has 1 atom stereocenters. The highest BCUT2D eigenvalue weighted by Gasteiger charge is 2.34. The summed E-state index contributed by atoms with van der Waals surface area (Å²) >= 11 is 5.74. The van der Waals surface area contributed by atoms with Crippen LogP contribution < -0.4 is 5.32 Å². The number of hydrogen-bond donors (Lipinski definition) is 1. The van der Waals surface area contributed by atoms with E-state index in [-0.39, 0.29) is 6.04 Å². The summed E-state index contributed by atoms with van der Waals surface area (Å²) in [5.74, 6) is 1.56. The van der Waals surface area contributed by atoms with Gasteiger partial charge in [0.25, 0.3) is 5.89 Å². The first-order valence-corrected chi connectivity index (χ1v) is 11.0. The molecular formula is C25H28N4OS. The van der Waals surface area contributed by atoms with Gasteiger partial charge in [0.05, 0.1) is 11.6 Å². The SMILES string of the molecule is CC1=C(c2nc(-c3cccc(C)c3)no2)C(c2ccc(C)cc2)NC(=S)N1CC(C)C. The third kappa shape index (κ3) is 4.39. The maximum atomic E-state index is 5.80. The molecule has 3 aromatic rings. The molecule has 31 heavy (non-hydrogen) atoms. The Bertz CT molecular complexity index is 1130. The Kier molecular flexibility index (Phi) is 5.92. The average Bonchev–Trinajstić information content (AvgIpc) is 3.21. The highest BCUT2D eigenvalue weighted by Crippen LogP contribution is 2.37. The first-order valence-electron chi connectivity index (χ1n) is 10.6. The zero-order valence-electron chi connectivity index (χ0n) is 18.6. The van der Waals surface area contributed by atoms with Crippen LogP contribution in [0.25, 0.3) is 17.0 Å². The lowest BCUT2D eigenvalue weighted by atomic mass is 9.94. The molecule has 2 heterocycles. The van der Waals surface area contributed by atoms with E-state index < -0.39 is 0 Å². The van der Waals surface area contributed by atoms with Crippen molar-refractivity contribution in [3.63, 3.8) is 0 Å². The van der Waals surface area contributed by atoms with E-state index in [2.05, 4.69) is 86.4 Å². The smallest absolute Gasteiger partial charge is 0.258 e. The van der Waals surface area contributed by atoms with Gasteiger partial charge in [0, 0.05) is 17.8 Å². The molecule has 0 amide bonds. The predicted molar refractivity (Wildman–Crippen MR) is 128 cm³/mol. The highest BCUT2D eigenvalue weighted by molar-refractivity contribution is 7.80. The third-order valence-corrected chi connectivity index (χ3v) is 5.83. The van der Waals surface area contributed by atoms with E-state index in [1.807, 2.05) is 12.1 Å². The molecule has 1 aliphatic rings. The van der Waals surface area contributed by atoms with E-state index in [0.717, 1.165) is 39.6 Å². The molecular weight excluding hydrogens is 404 g/mol. The predicted octanol–water partition coefficient (Wildman–Crippen LogP) is 5.67. The summed E-state index contributed by atoms with van der Waals surface area (Å²) in [6.07, 6.45) is 0. The number of aryl methyl sites for hydroxylation is 2.